The van der Waals surface area contributed by atoms with Gasteiger partial charge >= 0.3 is 5.91 Å². The summed E-state index contributed by atoms with van der Waals surface area (Å²) >= 11 is 1.24. The first kappa shape index (κ1) is 22.7. The van der Waals surface area contributed by atoms with E-state index in [1.165, 1.54) is 40.5 Å². The van der Waals surface area contributed by atoms with Gasteiger partial charge in [-0.25, -0.2) is 9.37 Å². The third kappa shape index (κ3) is 4.06. The fraction of sp³-hybridized carbons (Fsp3) is 0.148. The number of ether oxygens (including phenoxy) is 1. The van der Waals surface area contributed by atoms with Crippen LogP contribution in [0.25, 0.3) is 16.0 Å². The molecular weight excluding hydrogens is 467 g/mol. The molecule has 0 bridgehead atoms. The van der Waals surface area contributed by atoms with Gasteiger partial charge in [0.2, 0.25) is 0 Å². The zero-order valence-electron chi connectivity index (χ0n) is 19.0. The molecule has 1 aromatic heterocycles. The summed E-state index contributed by atoms with van der Waals surface area (Å²) in [5.41, 5.74) is 2.45. The molecule has 1 aliphatic heterocycles. The number of Topliss-reactive ketones (excluding diaryl/α,β-unsaturated/α-hetero) is 1. The highest BCUT2D eigenvalue weighted by Gasteiger charge is 2.48. The van der Waals surface area contributed by atoms with Gasteiger partial charge in [-0.1, -0.05) is 53.3 Å². The van der Waals surface area contributed by atoms with E-state index >= 15 is 0 Å². The lowest BCUT2D eigenvalue weighted by Gasteiger charge is -2.23. The number of ketones is 1. The van der Waals surface area contributed by atoms with Crippen molar-refractivity contribution in [3.8, 4) is 5.75 Å². The Morgan fingerprint density at radius 2 is 1.80 bits per heavy atom. The molecule has 2 heterocycles. The lowest BCUT2D eigenvalue weighted by atomic mass is 9.95. The normalized spacial score (nSPS) is 17.3. The maximum Gasteiger partial charge on any atom is 0.301 e. The van der Waals surface area contributed by atoms with Gasteiger partial charge in [-0.3, -0.25) is 14.5 Å². The van der Waals surface area contributed by atoms with Crippen molar-refractivity contribution in [1.82, 2.24) is 4.98 Å². The minimum absolute atomic E-state index is 0.0697. The molecule has 8 heteroatoms. The zero-order valence-corrected chi connectivity index (χ0v) is 19.8. The number of anilines is 1. The van der Waals surface area contributed by atoms with Crippen molar-refractivity contribution in [3.63, 3.8) is 0 Å². The summed E-state index contributed by atoms with van der Waals surface area (Å²) in [4.78, 5) is 32.4. The van der Waals surface area contributed by atoms with Gasteiger partial charge in [0.25, 0.3) is 5.78 Å². The first-order chi connectivity index (χ1) is 16.9. The maximum atomic E-state index is 13.7. The second-order valence-electron chi connectivity index (χ2n) is 8.15. The molecule has 1 amide bonds. The van der Waals surface area contributed by atoms with E-state index in [1.807, 2.05) is 32.0 Å². The van der Waals surface area contributed by atoms with Gasteiger partial charge in [0.1, 0.15) is 17.3 Å². The Kier molecular flexibility index (Phi) is 5.82. The molecule has 1 N–H and O–H groups in total. The second-order valence-corrected chi connectivity index (χ2v) is 9.15. The number of benzene rings is 3. The summed E-state index contributed by atoms with van der Waals surface area (Å²) in [5.74, 6) is -1.71. The number of rotatable bonds is 5. The van der Waals surface area contributed by atoms with Crippen molar-refractivity contribution in [3.05, 3.63) is 94.8 Å². The van der Waals surface area contributed by atoms with E-state index in [9.17, 15) is 19.1 Å². The van der Waals surface area contributed by atoms with Crippen LogP contribution in [0, 0.1) is 12.7 Å². The summed E-state index contributed by atoms with van der Waals surface area (Å²) in [6, 6.07) is 16.9. The third-order valence-corrected chi connectivity index (χ3v) is 6.84. The van der Waals surface area contributed by atoms with Crippen molar-refractivity contribution in [2.75, 3.05) is 11.5 Å². The summed E-state index contributed by atoms with van der Waals surface area (Å²) in [6.07, 6.45) is 0. The van der Waals surface area contributed by atoms with E-state index in [0.29, 0.717) is 34.1 Å². The molecule has 176 valence electrons. The highest BCUT2D eigenvalue weighted by atomic mass is 32.1. The molecule has 1 atom stereocenters. The third-order valence-electron chi connectivity index (χ3n) is 5.82. The van der Waals surface area contributed by atoms with Gasteiger partial charge in [-0.05, 0) is 49.7 Å². The summed E-state index contributed by atoms with van der Waals surface area (Å²) in [6.45, 7) is 4.30. The van der Waals surface area contributed by atoms with Crippen LogP contribution in [-0.2, 0) is 9.59 Å². The van der Waals surface area contributed by atoms with Gasteiger partial charge in [0, 0.05) is 5.56 Å². The fourth-order valence-electron chi connectivity index (χ4n) is 4.11. The van der Waals surface area contributed by atoms with E-state index in [-0.39, 0.29) is 11.3 Å². The van der Waals surface area contributed by atoms with Gasteiger partial charge in [-0.15, -0.1) is 0 Å². The van der Waals surface area contributed by atoms with Crippen molar-refractivity contribution in [2.45, 2.75) is 19.9 Å². The number of nitrogens with zero attached hydrogens (tertiary/aromatic N) is 2. The van der Waals surface area contributed by atoms with E-state index < -0.39 is 23.5 Å². The van der Waals surface area contributed by atoms with Crippen LogP contribution in [0.15, 0.2) is 72.3 Å². The molecule has 3 aromatic carbocycles. The number of halogens is 1. The first-order valence-corrected chi connectivity index (χ1v) is 11.9. The molecular formula is C27H21FN2O4S. The lowest BCUT2D eigenvalue weighted by Crippen LogP contribution is -2.29. The number of amides is 1. The molecule has 1 saturated heterocycles. The number of fused-ring (bicyclic) bond motifs is 1. The molecule has 0 radical (unpaired) electrons. The fourth-order valence-corrected chi connectivity index (χ4v) is 5.13. The maximum absolute atomic E-state index is 13.7. The van der Waals surface area contributed by atoms with Crippen molar-refractivity contribution in [2.24, 2.45) is 0 Å². The Balaban J connectivity index is 1.69. The summed E-state index contributed by atoms with van der Waals surface area (Å²) in [5, 5.41) is 11.5. The van der Waals surface area contributed by atoms with E-state index in [4.69, 9.17) is 4.74 Å². The largest absolute Gasteiger partial charge is 0.507 e. The smallest absolute Gasteiger partial charge is 0.301 e. The number of thiazole rings is 1. The highest BCUT2D eigenvalue weighted by Crippen LogP contribution is 2.44. The number of aromatic nitrogens is 1. The second kappa shape index (κ2) is 8.96. The van der Waals surface area contributed by atoms with Crippen LogP contribution < -0.4 is 9.64 Å². The minimum Gasteiger partial charge on any atom is -0.507 e. The molecule has 1 aliphatic rings. The standard InChI is InChI=1S/C27H21FN2O4S/c1-3-34-19-12-13-20-21(14-19)35-27(29-20)30-23(16-8-10-18(28)11-9-16)22(25(32)26(30)33)24(31)17-6-4-15(2)5-7-17/h4-14,23,31H,3H2,1-2H3/b24-22+. The van der Waals surface area contributed by atoms with Gasteiger partial charge in [0.05, 0.1) is 28.4 Å². The number of aliphatic hydroxyl groups is 1. The minimum atomic E-state index is -0.969. The Hall–Kier alpha value is -4.04. The number of aryl methyl sites for hydroxylation is 1. The monoisotopic (exact) mass is 488 g/mol. The summed E-state index contributed by atoms with van der Waals surface area (Å²) < 4.78 is 20.1. The van der Waals surface area contributed by atoms with Crippen molar-refractivity contribution in [1.29, 1.82) is 0 Å². The Morgan fingerprint density at radius 1 is 1.09 bits per heavy atom. The molecule has 0 aliphatic carbocycles. The molecule has 35 heavy (non-hydrogen) atoms. The molecule has 6 nitrogen and oxygen atoms in total. The first-order valence-electron chi connectivity index (χ1n) is 11.0. The number of carbonyl (C=O) groups is 2. The van der Waals surface area contributed by atoms with Gasteiger partial charge in [-0.2, -0.15) is 0 Å². The van der Waals surface area contributed by atoms with Gasteiger partial charge in [0.15, 0.2) is 5.13 Å². The molecule has 0 saturated carbocycles. The Labute approximate surface area is 204 Å². The van der Waals surface area contributed by atoms with Crippen LogP contribution in [-0.4, -0.2) is 28.4 Å². The molecule has 0 spiro atoms. The average Bonchev–Trinajstić information content (AvgIpc) is 3.38. The summed E-state index contributed by atoms with van der Waals surface area (Å²) in [7, 11) is 0. The molecule has 1 unspecified atom stereocenters. The van der Waals surface area contributed by atoms with Gasteiger partial charge < -0.3 is 9.84 Å². The quantitative estimate of drug-likeness (QED) is 0.219. The van der Waals surface area contributed by atoms with E-state index in [0.717, 1.165) is 10.3 Å². The van der Waals surface area contributed by atoms with Crippen LogP contribution in [0.1, 0.15) is 29.7 Å². The van der Waals surface area contributed by atoms with Crippen LogP contribution in [0.5, 0.6) is 5.75 Å². The number of aliphatic hydroxyl groups excluding tert-OH is 1. The van der Waals surface area contributed by atoms with E-state index in [2.05, 4.69) is 4.98 Å². The van der Waals surface area contributed by atoms with Crippen molar-refractivity contribution >= 4 is 44.1 Å². The van der Waals surface area contributed by atoms with E-state index in [1.54, 1.807) is 24.3 Å². The van der Waals surface area contributed by atoms with Crippen molar-refractivity contribution < 1.29 is 23.8 Å². The lowest BCUT2D eigenvalue weighted by molar-refractivity contribution is -0.132. The predicted octanol–water partition coefficient (Wildman–Crippen LogP) is 5.77. The van der Waals surface area contributed by atoms with Crippen LogP contribution >= 0.6 is 11.3 Å². The SMILES string of the molecule is CCOc1ccc2nc(N3C(=O)C(=O)/C(=C(/O)c4ccc(C)cc4)C3c3ccc(F)cc3)sc2c1. The van der Waals surface area contributed by atoms with Crippen LogP contribution in [0.3, 0.4) is 0 Å². The van der Waals surface area contributed by atoms with Crippen LogP contribution in [0.2, 0.25) is 0 Å². The predicted molar refractivity (Wildman–Crippen MR) is 133 cm³/mol. The molecule has 5 rings (SSSR count). The topological polar surface area (TPSA) is 79.7 Å². The Bertz CT molecular complexity index is 1480. The average molecular weight is 489 g/mol. The zero-order chi connectivity index (χ0) is 24.7. The highest BCUT2D eigenvalue weighted by molar-refractivity contribution is 7.22. The van der Waals surface area contributed by atoms with Crippen LogP contribution in [0.4, 0.5) is 9.52 Å². The number of hydrogen-bond donors (Lipinski definition) is 1. The molecule has 1 fully saturated rings. The number of carbonyl (C=O) groups excluding carboxylic acids is 2. The number of hydrogen-bond acceptors (Lipinski definition) is 6. The Morgan fingerprint density at radius 3 is 2.49 bits per heavy atom. The molecule has 4 aromatic rings.